The molecule has 0 spiro atoms. The van der Waals surface area contributed by atoms with Crippen molar-refractivity contribution in [3.05, 3.63) is 86.2 Å². The quantitative estimate of drug-likeness (QED) is 0.238. The molecule has 0 radical (unpaired) electrons. The molecule has 0 aromatic heterocycles. The molecule has 158 valence electrons. The van der Waals surface area contributed by atoms with Gasteiger partial charge in [-0.05, 0) is 72.8 Å². The number of halogens is 9. The number of anilines is 3. The maximum atomic E-state index is 5.06. The fraction of sp³-hybridized carbons (Fsp3) is 0. The van der Waals surface area contributed by atoms with E-state index in [1.807, 2.05) is 0 Å². The average Bonchev–Trinajstić information content (AvgIpc) is 2.57. The van der Waals surface area contributed by atoms with E-state index in [1.54, 1.807) is 0 Å². The van der Waals surface area contributed by atoms with Gasteiger partial charge in [-0.15, -0.1) is 0 Å². The summed E-state index contributed by atoms with van der Waals surface area (Å²) in [6.07, 6.45) is 0. The van der Waals surface area contributed by atoms with Crippen molar-refractivity contribution in [1.82, 2.24) is 0 Å². The monoisotopic (exact) mass is 810 g/mol. The Morgan fingerprint density at radius 1 is 0.448 bits per heavy atom. The summed E-state index contributed by atoms with van der Waals surface area (Å²) in [5.74, 6) is 0. The molecule has 0 N–H and O–H groups in total. The minimum atomic E-state index is -5.42. The summed E-state index contributed by atoms with van der Waals surface area (Å²) in [6.45, 7) is 0. The van der Waals surface area contributed by atoms with Crippen molar-refractivity contribution in [1.29, 1.82) is 0 Å². The van der Waals surface area contributed by atoms with Crippen molar-refractivity contribution in [2.24, 2.45) is 0 Å². The third-order valence-electron chi connectivity index (χ3n) is 3.25. The van der Waals surface area contributed by atoms with Crippen LogP contribution in [0.1, 0.15) is 0 Å². The van der Waals surface area contributed by atoms with E-state index >= 15 is 0 Å². The Kier molecular flexibility index (Phi) is 8.98. The summed E-state index contributed by atoms with van der Waals surface area (Å²) in [5.41, 5.74) is 3.36. The van der Waals surface area contributed by atoms with Gasteiger partial charge in [-0.2, -0.15) is 0 Å². The van der Waals surface area contributed by atoms with Crippen LogP contribution in [0.3, 0.4) is 0 Å². The Morgan fingerprint density at radius 2 is 0.621 bits per heavy atom. The van der Waals surface area contributed by atoms with Gasteiger partial charge in [-0.3, -0.25) is 0 Å². The van der Waals surface area contributed by atoms with Crippen LogP contribution in [0.4, 0.5) is 17.1 Å². The molecule has 0 aliphatic rings. The third-order valence-corrected chi connectivity index (χ3v) is 4.84. The topological polar surface area (TPSA) is 3.24 Å². The van der Waals surface area contributed by atoms with E-state index in [0.29, 0.717) is 0 Å². The van der Waals surface area contributed by atoms with Gasteiger partial charge in [0, 0.05) is 30.5 Å². The van der Waals surface area contributed by atoms with Crippen molar-refractivity contribution < 1.29 is 0 Å². The van der Waals surface area contributed by atoms with E-state index < -0.39 is 9.14 Å². The SMILES string of the molecule is Brc1ccc(N(c2ccc(Br)cc2)c2ccc(Br)cc2)cc1.[Cl][Sb-]([Cl])([Cl])([Cl])([Cl])[Cl]. The second kappa shape index (κ2) is 9.75. The first-order valence-electron chi connectivity index (χ1n) is 7.72. The zero-order valence-corrected chi connectivity index (χ0v) is 26.1. The fourth-order valence-electron chi connectivity index (χ4n) is 2.22. The standard InChI is InChI=1S/C18H12Br3N.6ClH.Sb/c19-13-1-7-16(8-2-13)22(17-9-3-14(20)4-10-17)18-11-5-15(21)6-12-18;;;;;;;/h1-12H;6*1H;/q;;;;;;;+5/p-6. The molecule has 0 aliphatic heterocycles. The van der Waals surface area contributed by atoms with Gasteiger partial charge in [0.15, 0.2) is 0 Å². The van der Waals surface area contributed by atoms with Crippen molar-refractivity contribution in [2.75, 3.05) is 4.90 Å². The average molecular weight is 816 g/mol. The number of hydrogen-bond acceptors (Lipinski definition) is 1. The van der Waals surface area contributed by atoms with Crippen LogP contribution >= 0.6 is 101 Å². The van der Waals surface area contributed by atoms with E-state index in [2.05, 4.69) is 125 Å². The molecule has 0 aliphatic carbocycles. The van der Waals surface area contributed by atoms with Crippen LogP contribution in [0.5, 0.6) is 0 Å². The second-order valence-corrected chi connectivity index (χ2v) is 65.4. The molecule has 0 amide bonds. The predicted molar refractivity (Wildman–Crippen MR) is 145 cm³/mol. The molecule has 0 fully saturated rings. The van der Waals surface area contributed by atoms with E-state index in [0.717, 1.165) is 30.5 Å². The van der Waals surface area contributed by atoms with Gasteiger partial charge in [-0.25, -0.2) is 0 Å². The molecule has 0 saturated carbocycles. The fourth-order valence-corrected chi connectivity index (χ4v) is 3.01. The van der Waals surface area contributed by atoms with Crippen molar-refractivity contribution in [3.8, 4) is 0 Å². The van der Waals surface area contributed by atoms with E-state index in [-0.39, 0.29) is 0 Å². The summed E-state index contributed by atoms with van der Waals surface area (Å²) in [4.78, 5) is 2.23. The van der Waals surface area contributed by atoms with Gasteiger partial charge in [0.1, 0.15) is 0 Å². The van der Waals surface area contributed by atoms with Gasteiger partial charge >= 0.3 is 62.1 Å². The Hall–Kier alpha value is 1.46. The van der Waals surface area contributed by atoms with Gasteiger partial charge in [0.25, 0.3) is 0 Å². The Balaban J connectivity index is 0.000000370. The first kappa shape index (κ1) is 26.7. The van der Waals surface area contributed by atoms with Gasteiger partial charge in [0.05, 0.1) is 0 Å². The van der Waals surface area contributed by atoms with E-state index in [9.17, 15) is 0 Å². The second-order valence-electron chi connectivity index (χ2n) is 5.72. The van der Waals surface area contributed by atoms with E-state index in [4.69, 9.17) is 53.0 Å². The van der Waals surface area contributed by atoms with Crippen LogP contribution in [0, 0.1) is 0 Å². The Labute approximate surface area is 215 Å². The van der Waals surface area contributed by atoms with Crippen molar-refractivity contribution in [3.63, 3.8) is 0 Å². The Bertz CT molecular complexity index is 841. The molecule has 3 aromatic rings. The zero-order chi connectivity index (χ0) is 21.9. The molecule has 0 heterocycles. The minimum absolute atomic E-state index is 1.07. The Morgan fingerprint density at radius 3 is 0.793 bits per heavy atom. The van der Waals surface area contributed by atoms with Crippen LogP contribution in [-0.2, 0) is 0 Å². The normalized spacial score (nSPS) is 13.6. The molecule has 0 atom stereocenters. The third kappa shape index (κ3) is 11.8. The van der Waals surface area contributed by atoms with Crippen LogP contribution < -0.4 is 4.90 Å². The van der Waals surface area contributed by atoms with Crippen molar-refractivity contribution in [2.45, 2.75) is 0 Å². The molecule has 29 heavy (non-hydrogen) atoms. The summed E-state index contributed by atoms with van der Waals surface area (Å²) >= 11 is 10.5. The number of benzene rings is 3. The molecule has 0 saturated heterocycles. The summed E-state index contributed by atoms with van der Waals surface area (Å²) < 4.78 is 3.22. The van der Waals surface area contributed by atoms with Crippen LogP contribution in [0.15, 0.2) is 86.2 Å². The van der Waals surface area contributed by atoms with Crippen molar-refractivity contribution >= 4 is 127 Å². The summed E-state index contributed by atoms with van der Waals surface area (Å²) in [6, 6.07) is 25.0. The number of hydrogen-bond donors (Lipinski definition) is 0. The van der Waals surface area contributed by atoms with Gasteiger partial charge in [-0.1, -0.05) is 47.8 Å². The predicted octanol–water partition coefficient (Wildman–Crippen LogP) is 11.2. The van der Waals surface area contributed by atoms with Crippen LogP contribution in [0.2, 0.25) is 0 Å². The molecule has 11 heteroatoms. The van der Waals surface area contributed by atoms with E-state index in [1.165, 1.54) is 0 Å². The summed E-state index contributed by atoms with van der Waals surface area (Å²) in [7, 11) is 25.0. The first-order valence-corrected chi connectivity index (χ1v) is 29.5. The molecular weight excluding hydrogens is 804 g/mol. The first-order chi connectivity index (χ1) is 13.1. The molecule has 0 bridgehead atoms. The maximum absolute atomic E-state index is 5.42. The molecular formula is C18H12Br3Cl6NSb-. The van der Waals surface area contributed by atoms with Gasteiger partial charge < -0.3 is 4.90 Å². The number of rotatable bonds is 3. The molecule has 3 rings (SSSR count). The van der Waals surface area contributed by atoms with Gasteiger partial charge in [0.2, 0.25) is 0 Å². The molecule has 1 nitrogen and oxygen atoms in total. The molecule has 3 aromatic carbocycles. The van der Waals surface area contributed by atoms with Crippen LogP contribution in [-0.4, -0.2) is 9.14 Å². The van der Waals surface area contributed by atoms with Crippen LogP contribution in [0.25, 0.3) is 0 Å². The zero-order valence-electron chi connectivity index (χ0n) is 14.2. The number of nitrogens with zero attached hydrogens (tertiary/aromatic N) is 1. The molecule has 0 unspecified atom stereocenters. The summed E-state index contributed by atoms with van der Waals surface area (Å²) in [5, 5.41) is 0.